The zero-order valence-electron chi connectivity index (χ0n) is 46.3. The van der Waals surface area contributed by atoms with Gasteiger partial charge in [-0.25, -0.2) is 19.3 Å². The Kier molecular flexibility index (Phi) is 17.5. The van der Waals surface area contributed by atoms with Crippen molar-refractivity contribution in [3.05, 3.63) is 112 Å². The maximum atomic E-state index is 14.2. The molecule has 0 aliphatic carbocycles. The third-order valence-electron chi connectivity index (χ3n) is 15.3. The van der Waals surface area contributed by atoms with Crippen LogP contribution in [0, 0.1) is 18.2 Å². The van der Waals surface area contributed by atoms with E-state index in [2.05, 4.69) is 41.0 Å². The normalized spacial score (nSPS) is 17.9. The van der Waals surface area contributed by atoms with Crippen molar-refractivity contribution in [3.63, 3.8) is 0 Å². The lowest BCUT2D eigenvalue weighted by molar-refractivity contribution is -0.144. The van der Waals surface area contributed by atoms with E-state index in [1.807, 2.05) is 107 Å². The molecule has 0 bridgehead atoms. The number of anilines is 3. The van der Waals surface area contributed by atoms with E-state index in [-0.39, 0.29) is 55.6 Å². The fourth-order valence-electron chi connectivity index (χ4n) is 10.9. The van der Waals surface area contributed by atoms with Crippen molar-refractivity contribution in [2.24, 2.45) is 5.41 Å². The summed E-state index contributed by atoms with van der Waals surface area (Å²) in [4.78, 5) is 75.1. The van der Waals surface area contributed by atoms with Gasteiger partial charge in [0.05, 0.1) is 75.0 Å². The van der Waals surface area contributed by atoms with Gasteiger partial charge in [0, 0.05) is 70.0 Å². The molecule has 0 saturated carbocycles. The zero-order valence-corrected chi connectivity index (χ0v) is 47.1. The number of unbranched alkanes of at least 4 members (excludes halogenated alkanes) is 3. The number of aliphatic hydroxyl groups is 2. The van der Waals surface area contributed by atoms with E-state index in [4.69, 9.17) is 9.72 Å². The lowest BCUT2D eigenvalue weighted by atomic mass is 9.85. The minimum atomic E-state index is -0.969. The molecule has 2 fully saturated rings. The minimum absolute atomic E-state index is 0.00174. The summed E-state index contributed by atoms with van der Waals surface area (Å²) in [5, 5.41) is 34.7. The van der Waals surface area contributed by atoms with Crippen molar-refractivity contribution >= 4 is 57.8 Å². The number of nitrogens with one attached hydrogen (secondary N) is 4. The van der Waals surface area contributed by atoms with Gasteiger partial charge < -0.3 is 50.9 Å². The van der Waals surface area contributed by atoms with Crippen LogP contribution in [0.5, 0.6) is 0 Å². The number of imidazole rings is 1. The molecule has 18 nitrogen and oxygen atoms in total. The van der Waals surface area contributed by atoms with Gasteiger partial charge in [-0.1, -0.05) is 63.9 Å². The highest BCUT2D eigenvalue weighted by molar-refractivity contribution is 7.13. The smallest absolute Gasteiger partial charge is 0.254 e. The molecule has 3 aliphatic rings. The lowest BCUT2D eigenvalue weighted by Crippen LogP contribution is -2.57. The van der Waals surface area contributed by atoms with E-state index in [0.29, 0.717) is 74.8 Å². The standard InChI is InChI=1S/C59H74FN11O7S/c1-36(38-13-15-39(16-14-38)53-37(2)63-35-79-53)64-55(74)47-29-41(72)32-71(47)57(76)54(58(3,4)5)67-51(73)12-10-8-9-11-27-78-34-59(77)22-25-69(26-23-59)46-19-20-49(66-45(46)33-68(6)7)65-44-18-17-42(43-30-62-56(75)52(43)44)48-31-61-50-28-40(60)21-24-70(48)50/h13-21,24,28,31,35-36,41,47,54,72,77H,8-12,22-23,25-27,29-30,32-34H2,1-7H3,(H,62,75)(H,64,74)(H,65,66)(H,67,73)/t36-,41+,47-,54+/m0/s1. The van der Waals surface area contributed by atoms with Crippen LogP contribution in [0.1, 0.15) is 118 Å². The quantitative estimate of drug-likeness (QED) is 0.0382. The maximum absolute atomic E-state index is 14.2. The number of ether oxygens (including phenoxy) is 1. The minimum Gasteiger partial charge on any atom is -0.391 e. The Morgan fingerprint density at radius 2 is 1.76 bits per heavy atom. The summed E-state index contributed by atoms with van der Waals surface area (Å²) in [5.41, 5.74) is 8.99. The highest BCUT2D eigenvalue weighted by Gasteiger charge is 2.45. The van der Waals surface area contributed by atoms with Crippen LogP contribution < -0.4 is 26.2 Å². The molecule has 0 unspecified atom stereocenters. The van der Waals surface area contributed by atoms with Gasteiger partial charge in [0.25, 0.3) is 5.91 Å². The first kappa shape index (κ1) is 56.9. The number of likely N-dealkylation sites (tertiary alicyclic amines) is 1. The monoisotopic (exact) mass is 1100 g/mol. The first-order valence-corrected chi connectivity index (χ1v) is 28.3. The summed E-state index contributed by atoms with van der Waals surface area (Å²) in [6, 6.07) is 16.4. The number of rotatable bonds is 21. The summed E-state index contributed by atoms with van der Waals surface area (Å²) in [7, 11) is 3.98. The van der Waals surface area contributed by atoms with Crippen molar-refractivity contribution in [1.29, 1.82) is 0 Å². The second-order valence-corrected chi connectivity index (χ2v) is 23.6. The molecule has 79 heavy (non-hydrogen) atoms. The van der Waals surface area contributed by atoms with Crippen molar-refractivity contribution in [1.82, 2.24) is 45.1 Å². The molecule has 6 aromatic rings. The molecule has 20 heteroatoms. The highest BCUT2D eigenvalue weighted by Crippen LogP contribution is 2.37. The lowest BCUT2D eigenvalue weighted by Gasteiger charge is -2.39. The number of carbonyl (C=O) groups excluding carboxylic acids is 4. The van der Waals surface area contributed by atoms with Crippen molar-refractivity contribution in [2.75, 3.05) is 57.2 Å². The topological polar surface area (TPSA) is 219 Å². The number of pyridine rings is 2. The number of amides is 4. The molecule has 2 saturated heterocycles. The van der Waals surface area contributed by atoms with Crippen molar-refractivity contribution in [3.8, 4) is 21.7 Å². The molecule has 6 N–H and O–H groups in total. The first-order valence-electron chi connectivity index (χ1n) is 27.4. The van der Waals surface area contributed by atoms with Gasteiger partial charge in [0.2, 0.25) is 17.7 Å². The average Bonchev–Trinajstić information content (AvgIpc) is 4.43. The van der Waals surface area contributed by atoms with Crippen molar-refractivity contribution in [2.45, 2.75) is 129 Å². The predicted octanol–water partition coefficient (Wildman–Crippen LogP) is 7.68. The Bertz CT molecular complexity index is 3170. The number of nitrogens with zero attached hydrogens (tertiary/aromatic N) is 7. The van der Waals surface area contributed by atoms with Gasteiger partial charge in [-0.15, -0.1) is 11.3 Å². The second kappa shape index (κ2) is 24.3. The Hall–Kier alpha value is -6.84. The summed E-state index contributed by atoms with van der Waals surface area (Å²) in [5.74, 6) is -0.964. The molecule has 3 aliphatic heterocycles. The number of benzene rings is 2. The largest absolute Gasteiger partial charge is 0.391 e. The molecule has 0 spiro atoms. The van der Waals surface area contributed by atoms with Gasteiger partial charge in [0.1, 0.15) is 29.4 Å². The van der Waals surface area contributed by atoms with Gasteiger partial charge in [-0.05, 0) is 100.0 Å². The molecular weight excluding hydrogens is 1030 g/mol. The third-order valence-corrected chi connectivity index (χ3v) is 16.3. The Morgan fingerprint density at radius 3 is 2.48 bits per heavy atom. The van der Waals surface area contributed by atoms with Gasteiger partial charge in [0.15, 0.2) is 0 Å². The van der Waals surface area contributed by atoms with E-state index < -0.39 is 35.1 Å². The number of thiazole rings is 1. The molecule has 0 radical (unpaired) electrons. The summed E-state index contributed by atoms with van der Waals surface area (Å²) in [6.07, 6.45) is 6.85. The fourth-order valence-corrected chi connectivity index (χ4v) is 11.7. The van der Waals surface area contributed by atoms with Crippen LogP contribution in [-0.4, -0.2) is 134 Å². The Morgan fingerprint density at radius 1 is 1.00 bits per heavy atom. The molecular formula is C59H74FN11O7S. The van der Waals surface area contributed by atoms with Crippen molar-refractivity contribution < 1.29 is 38.5 Å². The molecule has 4 amide bonds. The number of aromatic nitrogens is 4. The number of aliphatic hydroxyl groups excluding tert-OH is 1. The second-order valence-electron chi connectivity index (χ2n) is 22.7. The number of fused-ring (bicyclic) bond motifs is 2. The van der Waals surface area contributed by atoms with Gasteiger partial charge in [-0.2, -0.15) is 0 Å². The Balaban J connectivity index is 0.705. The highest BCUT2D eigenvalue weighted by atomic mass is 32.1. The van der Waals surface area contributed by atoms with E-state index in [9.17, 15) is 33.8 Å². The average molecular weight is 1100 g/mol. The number of aryl methyl sites for hydroxylation is 1. The molecule has 4 aromatic heterocycles. The fraction of sp³-hybridized carbons (Fsp3) is 0.475. The molecule has 420 valence electrons. The Labute approximate surface area is 465 Å². The van der Waals surface area contributed by atoms with Crippen LogP contribution >= 0.6 is 11.3 Å². The van der Waals surface area contributed by atoms with E-state index in [1.165, 1.54) is 17.0 Å². The summed E-state index contributed by atoms with van der Waals surface area (Å²) in [6.45, 7) is 12.3. The molecule has 9 rings (SSSR count). The number of carbonyl (C=O) groups is 4. The van der Waals surface area contributed by atoms with Gasteiger partial charge in [-0.3, -0.25) is 23.6 Å². The number of hydrogen-bond donors (Lipinski definition) is 6. The number of hydrogen-bond acceptors (Lipinski definition) is 14. The summed E-state index contributed by atoms with van der Waals surface area (Å²) >= 11 is 1.58. The van der Waals surface area contributed by atoms with E-state index in [0.717, 1.165) is 69.2 Å². The van der Waals surface area contributed by atoms with Gasteiger partial charge >= 0.3 is 0 Å². The number of β-amino-alcohol motifs (C(OH)–C–C–N with tert-alkyl or cyclic N) is 1. The first-order chi connectivity index (χ1) is 37.7. The van der Waals surface area contributed by atoms with E-state index in [1.54, 1.807) is 23.7 Å². The van der Waals surface area contributed by atoms with Crippen LogP contribution in [0.25, 0.3) is 27.3 Å². The number of halogens is 1. The van der Waals surface area contributed by atoms with E-state index >= 15 is 0 Å². The van der Waals surface area contributed by atoms with Crippen LogP contribution in [-0.2, 0) is 32.2 Å². The molecule has 2 aromatic carbocycles. The maximum Gasteiger partial charge on any atom is 0.254 e. The van der Waals surface area contributed by atoms with Crippen LogP contribution in [0.3, 0.4) is 0 Å². The van der Waals surface area contributed by atoms with Crippen LogP contribution in [0.15, 0.2) is 78.6 Å². The van der Waals surface area contributed by atoms with Crippen LogP contribution in [0.4, 0.5) is 21.6 Å². The predicted molar refractivity (Wildman–Crippen MR) is 303 cm³/mol. The zero-order chi connectivity index (χ0) is 56.2. The third kappa shape index (κ3) is 13.3. The van der Waals surface area contributed by atoms with Crippen LogP contribution in [0.2, 0.25) is 0 Å². The number of piperidine rings is 1. The SMILES string of the molecule is Cc1ncsc1-c1ccc([C@H](C)NC(=O)[C@@H]2C[C@@H](O)CN2C(=O)[C@@H](NC(=O)CCCCCCOCC2(O)CCN(c3ccc(Nc4ccc(-c5cnc6cc(F)ccn56)c5c4C(=O)NC5)nc3CN(C)C)CC2)C(C)(C)C)cc1. The molecule has 7 heterocycles. The summed E-state index contributed by atoms with van der Waals surface area (Å²) < 4.78 is 21.8. The molecule has 4 atom stereocenters.